The Hall–Kier alpha value is -3.45. The molecule has 0 N–H and O–H groups in total. The van der Waals surface area contributed by atoms with Crippen LogP contribution in [0.4, 0.5) is 5.82 Å². The molecule has 0 spiro atoms. The molecular weight excluding hydrogens is 416 g/mol. The lowest BCUT2D eigenvalue weighted by atomic mass is 10.1. The lowest BCUT2D eigenvalue weighted by molar-refractivity contribution is -0.127. The van der Waals surface area contributed by atoms with Gasteiger partial charge in [-0.15, -0.1) is 0 Å². The van der Waals surface area contributed by atoms with Crippen LogP contribution >= 0.6 is 0 Å². The van der Waals surface area contributed by atoms with Gasteiger partial charge in [0.05, 0.1) is 19.4 Å². The summed E-state index contributed by atoms with van der Waals surface area (Å²) in [5.74, 6) is 2.53. The average molecular weight is 447 g/mol. The Labute approximate surface area is 195 Å². The number of aromatic nitrogens is 2. The van der Waals surface area contributed by atoms with Gasteiger partial charge in [0.1, 0.15) is 17.3 Å². The first-order valence-corrected chi connectivity index (χ1v) is 11.3. The normalized spacial score (nSPS) is 13.6. The van der Waals surface area contributed by atoms with Crippen LogP contribution in [0.1, 0.15) is 18.9 Å². The second-order valence-corrected chi connectivity index (χ2v) is 8.20. The van der Waals surface area contributed by atoms with Gasteiger partial charge in [0.15, 0.2) is 0 Å². The average Bonchev–Trinajstić information content (AvgIpc) is 2.85. The Bertz CT molecular complexity index is 1050. The van der Waals surface area contributed by atoms with E-state index in [-0.39, 0.29) is 5.91 Å². The van der Waals surface area contributed by atoms with E-state index in [2.05, 4.69) is 27.0 Å². The molecule has 0 aliphatic carbocycles. The van der Waals surface area contributed by atoms with Gasteiger partial charge in [-0.3, -0.25) is 9.78 Å². The zero-order valence-electron chi connectivity index (χ0n) is 19.2. The quantitative estimate of drug-likeness (QED) is 0.517. The van der Waals surface area contributed by atoms with Crippen molar-refractivity contribution in [2.45, 2.75) is 19.8 Å². The van der Waals surface area contributed by atoms with Crippen LogP contribution in [-0.4, -0.2) is 60.7 Å². The number of anilines is 1. The molecule has 3 aromatic rings. The van der Waals surface area contributed by atoms with Crippen LogP contribution in [0.2, 0.25) is 0 Å². The largest absolute Gasteiger partial charge is 0.456 e. The van der Waals surface area contributed by atoms with Crippen LogP contribution in [0.3, 0.4) is 0 Å². The number of aryl methyl sites for hydroxylation is 1. The van der Waals surface area contributed by atoms with E-state index in [1.165, 1.54) is 0 Å². The molecule has 3 heterocycles. The smallest absolute Gasteiger partial charge is 0.219 e. The molecule has 0 saturated carbocycles. The van der Waals surface area contributed by atoms with Crippen molar-refractivity contribution in [2.24, 2.45) is 0 Å². The molecule has 1 saturated heterocycles. The van der Waals surface area contributed by atoms with Crippen molar-refractivity contribution >= 4 is 11.7 Å². The van der Waals surface area contributed by atoms with E-state index in [9.17, 15) is 4.79 Å². The molecule has 1 fully saturated rings. The van der Waals surface area contributed by atoms with Gasteiger partial charge >= 0.3 is 0 Å². The highest BCUT2D eigenvalue weighted by Crippen LogP contribution is 2.27. The molecule has 33 heavy (non-hydrogen) atoms. The number of benzene rings is 1. The third-order valence-corrected chi connectivity index (χ3v) is 5.77. The minimum absolute atomic E-state index is 0.0810. The van der Waals surface area contributed by atoms with Crippen LogP contribution < -0.4 is 9.64 Å². The fourth-order valence-electron chi connectivity index (χ4n) is 3.72. The molecule has 2 aromatic heterocycles. The first-order valence-electron chi connectivity index (χ1n) is 11.3. The number of hydrogen-bond donors (Lipinski definition) is 0. The summed E-state index contributed by atoms with van der Waals surface area (Å²) < 4.78 is 11.4. The highest BCUT2D eigenvalue weighted by atomic mass is 16.5. The zero-order chi connectivity index (χ0) is 23.0. The predicted octanol–water partition coefficient (Wildman–Crippen LogP) is 4.18. The minimum Gasteiger partial charge on any atom is -0.456 e. The summed E-state index contributed by atoms with van der Waals surface area (Å²) >= 11 is 0. The minimum atomic E-state index is 0.0810. The summed E-state index contributed by atoms with van der Waals surface area (Å²) in [6.07, 6.45) is 7.20. The SMILES string of the molecule is CC(=O)N(C)CCCc1cncc(Oc2ccc(-c3ccc(N4CCOCC4)nc3)cc2)c1. The van der Waals surface area contributed by atoms with Crippen molar-refractivity contribution in [1.82, 2.24) is 14.9 Å². The molecule has 0 unspecified atom stereocenters. The van der Waals surface area contributed by atoms with Gasteiger partial charge in [-0.25, -0.2) is 4.98 Å². The number of carbonyl (C=O) groups excluding carboxylic acids is 1. The van der Waals surface area contributed by atoms with Crippen LogP contribution in [0.25, 0.3) is 11.1 Å². The maximum Gasteiger partial charge on any atom is 0.219 e. The molecule has 1 aliphatic heterocycles. The lowest BCUT2D eigenvalue weighted by Crippen LogP contribution is -2.36. The van der Waals surface area contributed by atoms with Crippen molar-refractivity contribution in [1.29, 1.82) is 0 Å². The molecule has 0 bridgehead atoms. The second-order valence-electron chi connectivity index (χ2n) is 8.20. The van der Waals surface area contributed by atoms with Gasteiger partial charge in [0.2, 0.25) is 5.91 Å². The number of hydrogen-bond acceptors (Lipinski definition) is 6. The summed E-state index contributed by atoms with van der Waals surface area (Å²) in [6.45, 7) is 5.57. The van der Waals surface area contributed by atoms with Crippen molar-refractivity contribution in [3.05, 3.63) is 66.6 Å². The van der Waals surface area contributed by atoms with Gasteiger partial charge in [0.25, 0.3) is 0 Å². The molecular formula is C26H30N4O3. The molecule has 1 amide bonds. The Morgan fingerprint density at radius 1 is 1.03 bits per heavy atom. The fourth-order valence-corrected chi connectivity index (χ4v) is 3.72. The number of carbonyl (C=O) groups is 1. The molecule has 7 nitrogen and oxygen atoms in total. The summed E-state index contributed by atoms with van der Waals surface area (Å²) in [6, 6.07) is 14.2. The van der Waals surface area contributed by atoms with Gasteiger partial charge in [-0.2, -0.15) is 0 Å². The third kappa shape index (κ3) is 6.29. The van der Waals surface area contributed by atoms with Crippen LogP contribution in [0.5, 0.6) is 11.5 Å². The summed E-state index contributed by atoms with van der Waals surface area (Å²) in [7, 11) is 1.82. The monoisotopic (exact) mass is 446 g/mol. The van der Waals surface area contributed by atoms with Crippen LogP contribution in [-0.2, 0) is 16.0 Å². The molecule has 172 valence electrons. The van der Waals surface area contributed by atoms with E-state index in [0.29, 0.717) is 5.75 Å². The van der Waals surface area contributed by atoms with Crippen molar-refractivity contribution in [3.8, 4) is 22.6 Å². The Kier molecular flexibility index (Phi) is 7.52. The van der Waals surface area contributed by atoms with E-state index in [1.54, 1.807) is 18.0 Å². The number of rotatable bonds is 8. The Morgan fingerprint density at radius 3 is 2.48 bits per heavy atom. The van der Waals surface area contributed by atoms with E-state index < -0.39 is 0 Å². The van der Waals surface area contributed by atoms with Crippen molar-refractivity contribution in [3.63, 3.8) is 0 Å². The molecule has 7 heteroatoms. The zero-order valence-corrected chi connectivity index (χ0v) is 19.2. The number of ether oxygens (including phenoxy) is 2. The van der Waals surface area contributed by atoms with E-state index >= 15 is 0 Å². The molecule has 0 atom stereocenters. The van der Waals surface area contributed by atoms with Crippen molar-refractivity contribution < 1.29 is 14.3 Å². The number of nitrogens with zero attached hydrogens (tertiary/aromatic N) is 4. The fraction of sp³-hybridized carbons (Fsp3) is 0.346. The molecule has 1 aliphatic rings. The standard InChI is InChI=1S/C26H30N4O3/c1-20(31)29(2)11-3-4-21-16-25(19-27-17-21)33-24-8-5-22(6-9-24)23-7-10-26(28-18-23)30-12-14-32-15-13-30/h5-10,16-19H,3-4,11-15H2,1-2H3. The van der Waals surface area contributed by atoms with Gasteiger partial charge in [0, 0.05) is 51.6 Å². The van der Waals surface area contributed by atoms with Gasteiger partial charge < -0.3 is 19.3 Å². The summed E-state index contributed by atoms with van der Waals surface area (Å²) in [5.41, 5.74) is 3.25. The van der Waals surface area contributed by atoms with Gasteiger partial charge in [-0.05, 0) is 54.3 Å². The summed E-state index contributed by atoms with van der Waals surface area (Å²) in [4.78, 5) is 24.2. The topological polar surface area (TPSA) is 67.8 Å². The first-order chi connectivity index (χ1) is 16.1. The Balaban J connectivity index is 1.34. The number of pyridine rings is 2. The highest BCUT2D eigenvalue weighted by molar-refractivity contribution is 5.72. The van der Waals surface area contributed by atoms with E-state index in [0.717, 1.165) is 73.9 Å². The Morgan fingerprint density at radius 2 is 1.79 bits per heavy atom. The highest BCUT2D eigenvalue weighted by Gasteiger charge is 2.12. The molecule has 1 aromatic carbocycles. The maximum atomic E-state index is 11.3. The molecule has 0 radical (unpaired) electrons. The lowest BCUT2D eigenvalue weighted by Gasteiger charge is -2.27. The van der Waals surface area contributed by atoms with Crippen LogP contribution in [0.15, 0.2) is 61.1 Å². The number of morpholine rings is 1. The first kappa shape index (κ1) is 22.7. The van der Waals surface area contributed by atoms with E-state index in [4.69, 9.17) is 9.47 Å². The third-order valence-electron chi connectivity index (χ3n) is 5.77. The second kappa shape index (κ2) is 10.9. The predicted molar refractivity (Wildman–Crippen MR) is 129 cm³/mol. The van der Waals surface area contributed by atoms with Crippen molar-refractivity contribution in [2.75, 3.05) is 44.8 Å². The van der Waals surface area contributed by atoms with Gasteiger partial charge in [-0.1, -0.05) is 12.1 Å². The molecule has 4 rings (SSSR count). The maximum absolute atomic E-state index is 11.3. The van der Waals surface area contributed by atoms with Crippen LogP contribution in [0, 0.1) is 0 Å². The van der Waals surface area contributed by atoms with E-state index in [1.807, 2.05) is 49.8 Å². The summed E-state index contributed by atoms with van der Waals surface area (Å²) in [5, 5.41) is 0. The number of amides is 1.